The third-order valence-electron chi connectivity index (χ3n) is 3.37. The molecule has 3 aromatic rings. The first-order chi connectivity index (χ1) is 12.0. The number of carbonyl (C=O) groups excluding carboxylic acids is 1. The number of rotatable bonds is 3. The Kier molecular flexibility index (Phi) is 4.34. The van der Waals surface area contributed by atoms with E-state index in [2.05, 4.69) is 9.97 Å². The Morgan fingerprint density at radius 2 is 1.72 bits per heavy atom. The van der Waals surface area contributed by atoms with E-state index >= 15 is 0 Å². The first-order valence-electron chi connectivity index (χ1n) is 7.07. The number of hydrogen-bond donors (Lipinski definition) is 2. The van der Waals surface area contributed by atoms with Gasteiger partial charge >= 0.3 is 0 Å². The summed E-state index contributed by atoms with van der Waals surface area (Å²) >= 11 is 0. The zero-order valence-corrected chi connectivity index (χ0v) is 12.5. The van der Waals surface area contributed by atoms with Gasteiger partial charge in [-0.2, -0.15) is 0 Å². The molecule has 0 saturated carbocycles. The van der Waals surface area contributed by atoms with Gasteiger partial charge in [0, 0.05) is 11.8 Å². The summed E-state index contributed by atoms with van der Waals surface area (Å²) < 4.78 is 39.7. The number of benzene rings is 2. The van der Waals surface area contributed by atoms with Gasteiger partial charge in [0.15, 0.2) is 17.5 Å². The van der Waals surface area contributed by atoms with Crippen molar-refractivity contribution in [2.75, 3.05) is 5.32 Å². The lowest BCUT2D eigenvalue weighted by molar-refractivity contribution is 0.102. The Labute approximate surface area is 139 Å². The van der Waals surface area contributed by atoms with E-state index in [1.54, 1.807) is 30.3 Å². The summed E-state index contributed by atoms with van der Waals surface area (Å²) in [6.45, 7) is 0. The van der Waals surface area contributed by atoms with E-state index in [0.29, 0.717) is 11.6 Å². The fraction of sp³-hybridized carbons (Fsp3) is 0. The molecular weight excluding hydrogens is 335 g/mol. The van der Waals surface area contributed by atoms with Crippen LogP contribution in [-0.4, -0.2) is 15.9 Å². The van der Waals surface area contributed by atoms with E-state index in [-0.39, 0.29) is 5.82 Å². The maximum absolute atomic E-state index is 13.6. The van der Waals surface area contributed by atoms with Gasteiger partial charge in [-0.1, -0.05) is 30.3 Å². The minimum atomic E-state index is -1.72. The average molecular weight is 345 g/mol. The second-order valence-corrected chi connectivity index (χ2v) is 5.02. The summed E-state index contributed by atoms with van der Waals surface area (Å²) in [5.74, 6) is -5.41. The molecule has 0 aliphatic heterocycles. The molecule has 0 radical (unpaired) electrons. The molecule has 126 valence electrons. The number of amides is 1. The fourth-order valence-electron chi connectivity index (χ4n) is 2.11. The van der Waals surface area contributed by atoms with Crippen LogP contribution in [0.4, 0.5) is 18.9 Å². The Morgan fingerprint density at radius 1 is 1.00 bits per heavy atom. The van der Waals surface area contributed by atoms with Crippen LogP contribution in [0.3, 0.4) is 0 Å². The molecule has 0 unspecified atom stereocenters. The van der Waals surface area contributed by atoms with E-state index in [9.17, 15) is 22.8 Å². The van der Waals surface area contributed by atoms with Crippen molar-refractivity contribution in [1.29, 1.82) is 0 Å². The Balaban J connectivity index is 1.89. The predicted octanol–water partition coefficient (Wildman–Crippen LogP) is 3.11. The normalized spacial score (nSPS) is 10.5. The van der Waals surface area contributed by atoms with Crippen LogP contribution >= 0.6 is 0 Å². The topological polar surface area (TPSA) is 74.8 Å². The number of anilines is 1. The number of nitrogens with one attached hydrogen (secondary N) is 2. The van der Waals surface area contributed by atoms with Crippen LogP contribution in [0, 0.1) is 17.5 Å². The number of nitrogens with zero attached hydrogens (tertiary/aromatic N) is 1. The first kappa shape index (κ1) is 16.4. The van der Waals surface area contributed by atoms with Crippen molar-refractivity contribution in [3.63, 3.8) is 0 Å². The van der Waals surface area contributed by atoms with E-state index in [1.807, 2.05) is 5.32 Å². The molecule has 0 fully saturated rings. The Hall–Kier alpha value is -3.42. The molecule has 0 bridgehead atoms. The third-order valence-corrected chi connectivity index (χ3v) is 3.37. The van der Waals surface area contributed by atoms with Crippen LogP contribution in [-0.2, 0) is 0 Å². The average Bonchev–Trinajstić information content (AvgIpc) is 2.62. The molecule has 0 atom stereocenters. The highest BCUT2D eigenvalue weighted by Gasteiger charge is 2.18. The van der Waals surface area contributed by atoms with Gasteiger partial charge in [0.25, 0.3) is 11.5 Å². The van der Waals surface area contributed by atoms with Crippen LogP contribution in [0.25, 0.3) is 11.4 Å². The lowest BCUT2D eigenvalue weighted by Crippen LogP contribution is -2.24. The maximum atomic E-state index is 13.6. The highest BCUT2D eigenvalue weighted by Crippen LogP contribution is 2.20. The number of aromatic nitrogens is 2. The summed E-state index contributed by atoms with van der Waals surface area (Å²) in [5, 5.41) is 2.01. The van der Waals surface area contributed by atoms with Gasteiger partial charge in [0.2, 0.25) is 0 Å². The van der Waals surface area contributed by atoms with Gasteiger partial charge in [-0.15, -0.1) is 0 Å². The minimum absolute atomic E-state index is 0.251. The maximum Gasteiger partial charge on any atom is 0.264 e. The second-order valence-electron chi connectivity index (χ2n) is 5.02. The lowest BCUT2D eigenvalue weighted by Gasteiger charge is -2.07. The van der Waals surface area contributed by atoms with E-state index < -0.39 is 40.2 Å². The molecule has 3 rings (SSSR count). The van der Waals surface area contributed by atoms with Gasteiger partial charge < -0.3 is 10.3 Å². The van der Waals surface area contributed by atoms with E-state index in [4.69, 9.17) is 0 Å². The molecule has 0 aliphatic carbocycles. The zero-order valence-electron chi connectivity index (χ0n) is 12.5. The van der Waals surface area contributed by atoms with E-state index in [0.717, 1.165) is 12.3 Å². The zero-order chi connectivity index (χ0) is 18.0. The van der Waals surface area contributed by atoms with Gasteiger partial charge in [0.05, 0.1) is 5.69 Å². The highest BCUT2D eigenvalue weighted by atomic mass is 19.2. The molecule has 8 heteroatoms. The Bertz CT molecular complexity index is 1000. The summed E-state index contributed by atoms with van der Waals surface area (Å²) in [5.41, 5.74) is -1.10. The SMILES string of the molecule is O=C(Nc1ccc(F)c(F)c1F)c1cnc(-c2ccccc2)[nH]c1=O. The van der Waals surface area contributed by atoms with Gasteiger partial charge in [-0.05, 0) is 12.1 Å². The molecule has 0 saturated heterocycles. The van der Waals surface area contributed by atoms with Crippen LogP contribution in [0.15, 0.2) is 53.5 Å². The van der Waals surface area contributed by atoms with Crippen molar-refractivity contribution in [2.24, 2.45) is 0 Å². The number of carbonyl (C=O) groups is 1. The van der Waals surface area contributed by atoms with Gasteiger partial charge in [0.1, 0.15) is 11.4 Å². The van der Waals surface area contributed by atoms with Crippen LogP contribution in [0.2, 0.25) is 0 Å². The fourth-order valence-corrected chi connectivity index (χ4v) is 2.11. The summed E-state index contributed by atoms with van der Waals surface area (Å²) in [7, 11) is 0. The number of hydrogen-bond acceptors (Lipinski definition) is 3. The van der Waals surface area contributed by atoms with Crippen molar-refractivity contribution in [2.45, 2.75) is 0 Å². The number of halogens is 3. The largest absolute Gasteiger partial charge is 0.319 e. The molecule has 1 heterocycles. The molecule has 1 aromatic heterocycles. The molecule has 2 aromatic carbocycles. The van der Waals surface area contributed by atoms with Gasteiger partial charge in [-0.25, -0.2) is 18.2 Å². The minimum Gasteiger partial charge on any atom is -0.319 e. The van der Waals surface area contributed by atoms with Crippen LogP contribution in [0.5, 0.6) is 0 Å². The molecule has 1 amide bonds. The highest BCUT2D eigenvalue weighted by molar-refractivity contribution is 6.03. The first-order valence-corrected chi connectivity index (χ1v) is 7.07. The third kappa shape index (κ3) is 3.27. The molecule has 2 N–H and O–H groups in total. The van der Waals surface area contributed by atoms with Crippen molar-refractivity contribution in [3.05, 3.63) is 82.0 Å². The standard InChI is InChI=1S/C17H10F3N3O2/c18-11-6-7-12(14(20)13(11)19)22-16(24)10-8-21-15(23-17(10)25)9-4-2-1-3-5-9/h1-8H,(H,22,24)(H,21,23,25). The smallest absolute Gasteiger partial charge is 0.264 e. The van der Waals surface area contributed by atoms with Gasteiger partial charge in [-0.3, -0.25) is 9.59 Å². The summed E-state index contributed by atoms with van der Waals surface area (Å²) in [6, 6.07) is 10.2. The van der Waals surface area contributed by atoms with E-state index in [1.165, 1.54) is 0 Å². The van der Waals surface area contributed by atoms with Crippen molar-refractivity contribution >= 4 is 11.6 Å². The summed E-state index contributed by atoms with van der Waals surface area (Å²) in [4.78, 5) is 30.6. The number of H-pyrrole nitrogens is 1. The van der Waals surface area contributed by atoms with Crippen molar-refractivity contribution in [3.8, 4) is 11.4 Å². The quantitative estimate of drug-likeness (QED) is 0.716. The van der Waals surface area contributed by atoms with Crippen LogP contribution < -0.4 is 10.9 Å². The summed E-state index contributed by atoms with van der Waals surface area (Å²) in [6.07, 6.45) is 1.02. The second kappa shape index (κ2) is 6.60. The molecular formula is C17H10F3N3O2. The predicted molar refractivity (Wildman–Crippen MR) is 84.6 cm³/mol. The van der Waals surface area contributed by atoms with Crippen molar-refractivity contribution in [1.82, 2.24) is 9.97 Å². The molecule has 25 heavy (non-hydrogen) atoms. The lowest BCUT2D eigenvalue weighted by atomic mass is 10.2. The molecule has 0 aliphatic rings. The van der Waals surface area contributed by atoms with Crippen LogP contribution in [0.1, 0.15) is 10.4 Å². The molecule has 5 nitrogen and oxygen atoms in total. The molecule has 0 spiro atoms. The Morgan fingerprint density at radius 3 is 2.40 bits per heavy atom. The van der Waals surface area contributed by atoms with Crippen molar-refractivity contribution < 1.29 is 18.0 Å². The number of aromatic amines is 1. The monoisotopic (exact) mass is 345 g/mol.